The summed E-state index contributed by atoms with van der Waals surface area (Å²) in [5.74, 6) is -0.187. The molecule has 0 heterocycles. The smallest absolute Gasteiger partial charge is 0.253 e. The van der Waals surface area contributed by atoms with Crippen molar-refractivity contribution in [3.63, 3.8) is 0 Å². The van der Waals surface area contributed by atoms with Crippen LogP contribution < -0.4 is 11.1 Å². The second-order valence-electron chi connectivity index (χ2n) is 4.29. The zero-order chi connectivity index (χ0) is 12.8. The van der Waals surface area contributed by atoms with Crippen LogP contribution >= 0.6 is 0 Å². The first-order valence-corrected chi connectivity index (χ1v) is 5.94. The van der Waals surface area contributed by atoms with Crippen LogP contribution in [0.5, 0.6) is 5.75 Å². The van der Waals surface area contributed by atoms with Gasteiger partial charge in [0.25, 0.3) is 5.91 Å². The second kappa shape index (κ2) is 6.13. The molecule has 0 fully saturated rings. The van der Waals surface area contributed by atoms with Gasteiger partial charge in [-0.3, -0.25) is 4.79 Å². The van der Waals surface area contributed by atoms with Gasteiger partial charge in [-0.15, -0.1) is 0 Å². The first kappa shape index (κ1) is 13.4. The van der Waals surface area contributed by atoms with Crippen LogP contribution in [0, 0.1) is 0 Å². The summed E-state index contributed by atoms with van der Waals surface area (Å²) in [5, 5.41) is 12.2. The monoisotopic (exact) mass is 236 g/mol. The Kier molecular flexibility index (Phi) is 4.82. The van der Waals surface area contributed by atoms with E-state index in [-0.39, 0.29) is 17.7 Å². The van der Waals surface area contributed by atoms with Gasteiger partial charge in [-0.25, -0.2) is 0 Å². The van der Waals surface area contributed by atoms with Crippen molar-refractivity contribution in [3.05, 3.63) is 23.8 Å². The van der Waals surface area contributed by atoms with Crippen LogP contribution in [0.15, 0.2) is 18.2 Å². The number of carbonyl (C=O) groups is 1. The molecule has 1 aromatic carbocycles. The van der Waals surface area contributed by atoms with Crippen molar-refractivity contribution in [1.29, 1.82) is 0 Å². The predicted molar refractivity (Wildman–Crippen MR) is 69.0 cm³/mol. The van der Waals surface area contributed by atoms with Crippen molar-refractivity contribution in [2.75, 3.05) is 5.73 Å². The Morgan fingerprint density at radius 1 is 1.53 bits per heavy atom. The molecule has 1 unspecified atom stereocenters. The number of carbonyl (C=O) groups excluding carboxylic acids is 1. The summed E-state index contributed by atoms with van der Waals surface area (Å²) >= 11 is 0. The predicted octanol–water partition coefficient (Wildman–Crippen LogP) is 2.28. The molecule has 1 atom stereocenters. The lowest BCUT2D eigenvalue weighted by molar-refractivity contribution is 0.0938. The summed E-state index contributed by atoms with van der Waals surface area (Å²) in [5.41, 5.74) is 6.40. The van der Waals surface area contributed by atoms with E-state index in [2.05, 4.69) is 12.2 Å². The highest BCUT2D eigenvalue weighted by Crippen LogP contribution is 2.18. The largest absolute Gasteiger partial charge is 0.508 e. The summed E-state index contributed by atoms with van der Waals surface area (Å²) in [6.07, 6.45) is 3.13. The fourth-order valence-corrected chi connectivity index (χ4v) is 1.62. The molecule has 1 rings (SSSR count). The van der Waals surface area contributed by atoms with E-state index in [0.29, 0.717) is 11.3 Å². The lowest BCUT2D eigenvalue weighted by atomic mass is 10.1. The Morgan fingerprint density at radius 2 is 2.24 bits per heavy atom. The number of nitrogens with two attached hydrogens (primary N) is 1. The Bertz CT molecular complexity index is 391. The first-order valence-electron chi connectivity index (χ1n) is 5.94. The third kappa shape index (κ3) is 3.98. The third-order valence-electron chi connectivity index (χ3n) is 2.65. The molecular formula is C13H20N2O2. The number of aromatic hydroxyl groups is 1. The van der Waals surface area contributed by atoms with Crippen LogP contribution in [0.25, 0.3) is 0 Å². The molecule has 0 aromatic heterocycles. The molecule has 0 saturated heterocycles. The minimum atomic E-state index is -0.234. The summed E-state index contributed by atoms with van der Waals surface area (Å²) in [4.78, 5) is 11.9. The Balaban J connectivity index is 2.66. The fourth-order valence-electron chi connectivity index (χ4n) is 1.62. The van der Waals surface area contributed by atoms with Crippen LogP contribution in [0.3, 0.4) is 0 Å². The standard InChI is InChI=1S/C13H20N2O2/c1-3-4-5-9(2)15-13(17)11-8-10(16)6-7-12(11)14/h6-9,16H,3-5,14H2,1-2H3,(H,15,17). The van der Waals surface area contributed by atoms with Gasteiger partial charge in [0.1, 0.15) is 5.75 Å². The SMILES string of the molecule is CCCCC(C)NC(=O)c1cc(O)ccc1N. The highest BCUT2D eigenvalue weighted by atomic mass is 16.3. The third-order valence-corrected chi connectivity index (χ3v) is 2.65. The van der Waals surface area contributed by atoms with E-state index in [1.54, 1.807) is 0 Å². The summed E-state index contributed by atoms with van der Waals surface area (Å²) in [7, 11) is 0. The van der Waals surface area contributed by atoms with Gasteiger partial charge in [-0.05, 0) is 31.5 Å². The maximum Gasteiger partial charge on any atom is 0.253 e. The molecule has 0 aliphatic rings. The zero-order valence-corrected chi connectivity index (χ0v) is 10.4. The lowest BCUT2D eigenvalue weighted by Crippen LogP contribution is -2.32. The number of unbranched alkanes of at least 4 members (excludes halogenated alkanes) is 1. The van der Waals surface area contributed by atoms with Crippen molar-refractivity contribution in [2.45, 2.75) is 39.2 Å². The number of hydrogen-bond donors (Lipinski definition) is 3. The molecule has 0 bridgehead atoms. The van der Waals surface area contributed by atoms with Gasteiger partial charge >= 0.3 is 0 Å². The van der Waals surface area contributed by atoms with Crippen LogP contribution in [0.1, 0.15) is 43.5 Å². The number of amides is 1. The minimum Gasteiger partial charge on any atom is -0.508 e. The van der Waals surface area contributed by atoms with Crippen molar-refractivity contribution >= 4 is 11.6 Å². The van der Waals surface area contributed by atoms with Crippen molar-refractivity contribution in [2.24, 2.45) is 0 Å². The van der Waals surface area contributed by atoms with Crippen LogP contribution in [-0.2, 0) is 0 Å². The van der Waals surface area contributed by atoms with Crippen LogP contribution in [0.2, 0.25) is 0 Å². The normalized spacial score (nSPS) is 12.1. The molecule has 94 valence electrons. The van der Waals surface area contributed by atoms with Crippen LogP contribution in [0.4, 0.5) is 5.69 Å². The zero-order valence-electron chi connectivity index (χ0n) is 10.4. The topological polar surface area (TPSA) is 75.3 Å². The van der Waals surface area contributed by atoms with Gasteiger partial charge in [0.05, 0.1) is 5.56 Å². The molecule has 1 amide bonds. The molecule has 0 radical (unpaired) electrons. The molecule has 4 nitrogen and oxygen atoms in total. The molecule has 1 aromatic rings. The summed E-state index contributed by atoms with van der Waals surface area (Å²) in [6, 6.07) is 4.49. The lowest BCUT2D eigenvalue weighted by Gasteiger charge is -2.14. The number of anilines is 1. The quantitative estimate of drug-likeness (QED) is 0.542. The van der Waals surface area contributed by atoms with Gasteiger partial charge in [-0.2, -0.15) is 0 Å². The second-order valence-corrected chi connectivity index (χ2v) is 4.29. The minimum absolute atomic E-state index is 0.0468. The Labute approximate surface area is 102 Å². The average Bonchev–Trinajstić information content (AvgIpc) is 2.29. The highest BCUT2D eigenvalue weighted by Gasteiger charge is 2.12. The van der Waals surface area contributed by atoms with Crippen LogP contribution in [-0.4, -0.2) is 17.1 Å². The fraction of sp³-hybridized carbons (Fsp3) is 0.462. The number of phenols is 1. The summed E-state index contributed by atoms with van der Waals surface area (Å²) < 4.78 is 0. The molecule has 0 saturated carbocycles. The molecule has 4 N–H and O–H groups in total. The van der Waals surface area contributed by atoms with E-state index in [9.17, 15) is 9.90 Å². The van der Waals surface area contributed by atoms with Crippen molar-refractivity contribution in [1.82, 2.24) is 5.32 Å². The van der Waals surface area contributed by atoms with E-state index in [1.165, 1.54) is 18.2 Å². The van der Waals surface area contributed by atoms with E-state index in [0.717, 1.165) is 19.3 Å². The first-order chi connectivity index (χ1) is 8.04. The average molecular weight is 236 g/mol. The number of phenolic OH excluding ortho intramolecular Hbond substituents is 1. The van der Waals surface area contributed by atoms with Gasteiger partial charge in [0.15, 0.2) is 0 Å². The number of benzene rings is 1. The highest BCUT2D eigenvalue weighted by molar-refractivity contribution is 5.99. The molecule has 0 aliphatic heterocycles. The van der Waals surface area contributed by atoms with Gasteiger partial charge < -0.3 is 16.2 Å². The number of hydrogen-bond acceptors (Lipinski definition) is 3. The number of rotatable bonds is 5. The molecule has 4 heteroatoms. The molecule has 0 aliphatic carbocycles. The number of nitrogen functional groups attached to an aromatic ring is 1. The van der Waals surface area contributed by atoms with Crippen molar-refractivity contribution in [3.8, 4) is 5.75 Å². The molecule has 0 spiro atoms. The van der Waals surface area contributed by atoms with Gasteiger partial charge in [0.2, 0.25) is 0 Å². The van der Waals surface area contributed by atoms with E-state index < -0.39 is 0 Å². The van der Waals surface area contributed by atoms with E-state index in [4.69, 9.17) is 5.73 Å². The Morgan fingerprint density at radius 3 is 2.88 bits per heavy atom. The maximum atomic E-state index is 11.9. The maximum absolute atomic E-state index is 11.9. The van der Waals surface area contributed by atoms with Crippen molar-refractivity contribution < 1.29 is 9.90 Å². The van der Waals surface area contributed by atoms with E-state index >= 15 is 0 Å². The summed E-state index contributed by atoms with van der Waals surface area (Å²) in [6.45, 7) is 4.08. The number of nitrogens with one attached hydrogen (secondary N) is 1. The molecular weight excluding hydrogens is 216 g/mol. The molecule has 17 heavy (non-hydrogen) atoms. The Hall–Kier alpha value is -1.71. The van der Waals surface area contributed by atoms with Gasteiger partial charge in [0, 0.05) is 11.7 Å². The van der Waals surface area contributed by atoms with E-state index in [1.807, 2.05) is 6.92 Å². The van der Waals surface area contributed by atoms with Gasteiger partial charge in [-0.1, -0.05) is 19.8 Å².